The summed E-state index contributed by atoms with van der Waals surface area (Å²) in [4.78, 5) is 13.7. The van der Waals surface area contributed by atoms with Crippen LogP contribution in [-0.4, -0.2) is 42.8 Å². The van der Waals surface area contributed by atoms with Gasteiger partial charge in [0.25, 0.3) is 0 Å². The molecule has 1 N–H and O–H groups in total. The highest BCUT2D eigenvalue weighted by molar-refractivity contribution is 5.76. The third-order valence-corrected chi connectivity index (χ3v) is 5.13. The fraction of sp³-hybridized carbons (Fsp3) is 0.588. The molecule has 22 heavy (non-hydrogen) atoms. The molecular formula is C17H23NO4. The van der Waals surface area contributed by atoms with Crippen molar-refractivity contribution in [2.75, 3.05) is 20.8 Å². The highest BCUT2D eigenvalue weighted by Gasteiger charge is 2.56. The lowest BCUT2D eigenvalue weighted by Crippen LogP contribution is -2.66. The molecule has 1 saturated heterocycles. The summed E-state index contributed by atoms with van der Waals surface area (Å²) in [6, 6.07) is 5.43. The number of likely N-dealkylation sites (tertiary alicyclic amines) is 1. The summed E-state index contributed by atoms with van der Waals surface area (Å²) in [5.41, 5.74) is 1.07. The van der Waals surface area contributed by atoms with Crippen LogP contribution in [0.2, 0.25) is 0 Å². The van der Waals surface area contributed by atoms with E-state index in [0.717, 1.165) is 37.8 Å². The van der Waals surface area contributed by atoms with E-state index in [1.165, 1.54) is 0 Å². The zero-order chi connectivity index (χ0) is 15.7. The van der Waals surface area contributed by atoms with Crippen molar-refractivity contribution < 1.29 is 19.4 Å². The lowest BCUT2D eigenvalue weighted by atomic mass is 9.70. The smallest absolute Gasteiger partial charge is 0.321 e. The highest BCUT2D eigenvalue weighted by atomic mass is 16.5. The molecule has 1 atom stereocenters. The normalized spacial score (nSPS) is 23.3. The SMILES string of the molecule is COc1ccc(CN2CC3(CCCC3)C2C(=O)O)cc1OC. The summed E-state index contributed by atoms with van der Waals surface area (Å²) in [5.74, 6) is 0.688. The Morgan fingerprint density at radius 2 is 1.95 bits per heavy atom. The number of rotatable bonds is 5. The van der Waals surface area contributed by atoms with Crippen molar-refractivity contribution in [3.8, 4) is 11.5 Å². The number of hydrogen-bond acceptors (Lipinski definition) is 4. The Morgan fingerprint density at radius 3 is 2.55 bits per heavy atom. The molecule has 3 rings (SSSR count). The van der Waals surface area contributed by atoms with Crippen LogP contribution in [0.4, 0.5) is 0 Å². The van der Waals surface area contributed by atoms with E-state index < -0.39 is 5.97 Å². The largest absolute Gasteiger partial charge is 0.493 e. The highest BCUT2D eigenvalue weighted by Crippen LogP contribution is 2.51. The lowest BCUT2D eigenvalue weighted by molar-refractivity contribution is -0.166. The van der Waals surface area contributed by atoms with Gasteiger partial charge in [-0.05, 0) is 30.5 Å². The predicted molar refractivity (Wildman–Crippen MR) is 82.3 cm³/mol. The van der Waals surface area contributed by atoms with E-state index in [2.05, 4.69) is 4.90 Å². The van der Waals surface area contributed by atoms with Gasteiger partial charge >= 0.3 is 5.97 Å². The fourth-order valence-corrected chi connectivity index (χ4v) is 4.15. The first kappa shape index (κ1) is 15.2. The molecule has 1 spiro atoms. The number of carbonyl (C=O) groups is 1. The molecule has 1 aromatic rings. The molecule has 1 aliphatic heterocycles. The van der Waals surface area contributed by atoms with Gasteiger partial charge < -0.3 is 14.6 Å². The number of benzene rings is 1. The van der Waals surface area contributed by atoms with E-state index in [0.29, 0.717) is 18.0 Å². The first-order valence-electron chi connectivity index (χ1n) is 7.77. The molecule has 5 nitrogen and oxygen atoms in total. The van der Waals surface area contributed by atoms with Crippen LogP contribution >= 0.6 is 0 Å². The number of nitrogens with zero attached hydrogens (tertiary/aromatic N) is 1. The van der Waals surface area contributed by atoms with Crippen LogP contribution in [0.3, 0.4) is 0 Å². The summed E-state index contributed by atoms with van der Waals surface area (Å²) in [7, 11) is 3.22. The van der Waals surface area contributed by atoms with E-state index in [4.69, 9.17) is 9.47 Å². The van der Waals surface area contributed by atoms with Gasteiger partial charge in [-0.2, -0.15) is 0 Å². The summed E-state index contributed by atoms with van der Waals surface area (Å²) in [6.07, 6.45) is 4.42. The summed E-state index contributed by atoms with van der Waals surface area (Å²) in [6.45, 7) is 1.53. The second-order valence-corrected chi connectivity index (χ2v) is 6.40. The van der Waals surface area contributed by atoms with Crippen molar-refractivity contribution in [1.29, 1.82) is 0 Å². The molecule has 0 amide bonds. The van der Waals surface area contributed by atoms with Gasteiger partial charge in [-0.3, -0.25) is 9.69 Å². The third-order valence-electron chi connectivity index (χ3n) is 5.13. The maximum absolute atomic E-state index is 11.7. The van der Waals surface area contributed by atoms with E-state index in [-0.39, 0.29) is 11.5 Å². The minimum atomic E-state index is -0.686. The van der Waals surface area contributed by atoms with Crippen LogP contribution in [0.25, 0.3) is 0 Å². The standard InChI is InChI=1S/C17H23NO4/c1-21-13-6-5-12(9-14(13)22-2)10-18-11-17(7-3-4-8-17)15(18)16(19)20/h5-6,9,15H,3-4,7-8,10-11H2,1-2H3,(H,19,20). The van der Waals surface area contributed by atoms with E-state index in [9.17, 15) is 9.90 Å². The van der Waals surface area contributed by atoms with Crippen molar-refractivity contribution in [2.45, 2.75) is 38.3 Å². The molecule has 1 saturated carbocycles. The first-order chi connectivity index (χ1) is 10.6. The van der Waals surface area contributed by atoms with E-state index in [1.54, 1.807) is 14.2 Å². The molecule has 2 aliphatic rings. The molecule has 2 fully saturated rings. The fourth-order valence-electron chi connectivity index (χ4n) is 4.15. The molecule has 0 bridgehead atoms. The Labute approximate surface area is 130 Å². The van der Waals surface area contributed by atoms with Gasteiger partial charge in [-0.25, -0.2) is 0 Å². The number of ether oxygens (including phenoxy) is 2. The topological polar surface area (TPSA) is 59.0 Å². The predicted octanol–water partition coefficient (Wildman–Crippen LogP) is 2.53. The molecule has 0 radical (unpaired) electrons. The van der Waals surface area contributed by atoms with E-state index in [1.807, 2.05) is 18.2 Å². The number of carboxylic acids is 1. The van der Waals surface area contributed by atoms with Gasteiger partial charge in [0.1, 0.15) is 6.04 Å². The van der Waals surface area contributed by atoms with Gasteiger partial charge in [0.15, 0.2) is 11.5 Å². The quantitative estimate of drug-likeness (QED) is 0.906. The Morgan fingerprint density at radius 1 is 1.27 bits per heavy atom. The Kier molecular flexibility index (Phi) is 4.00. The van der Waals surface area contributed by atoms with Crippen LogP contribution in [0, 0.1) is 5.41 Å². The minimum Gasteiger partial charge on any atom is -0.493 e. The molecule has 120 valence electrons. The second-order valence-electron chi connectivity index (χ2n) is 6.40. The monoisotopic (exact) mass is 305 g/mol. The van der Waals surface area contributed by atoms with Gasteiger partial charge in [0.05, 0.1) is 14.2 Å². The van der Waals surface area contributed by atoms with Crippen LogP contribution in [0.15, 0.2) is 18.2 Å². The summed E-state index contributed by atoms with van der Waals surface area (Å²) in [5, 5.41) is 9.60. The zero-order valence-electron chi connectivity index (χ0n) is 13.2. The Hall–Kier alpha value is -1.75. The molecule has 1 heterocycles. The average Bonchev–Trinajstić information content (AvgIpc) is 2.96. The first-order valence-corrected chi connectivity index (χ1v) is 7.77. The van der Waals surface area contributed by atoms with Crippen molar-refractivity contribution in [1.82, 2.24) is 4.90 Å². The maximum atomic E-state index is 11.7. The van der Waals surface area contributed by atoms with Crippen molar-refractivity contribution in [3.05, 3.63) is 23.8 Å². The van der Waals surface area contributed by atoms with Gasteiger partial charge in [-0.1, -0.05) is 18.9 Å². The molecule has 1 aliphatic carbocycles. The lowest BCUT2D eigenvalue weighted by Gasteiger charge is -2.54. The average molecular weight is 305 g/mol. The van der Waals surface area contributed by atoms with Crippen LogP contribution in [0.5, 0.6) is 11.5 Å². The van der Waals surface area contributed by atoms with Gasteiger partial charge in [0.2, 0.25) is 0 Å². The Balaban J connectivity index is 1.75. The summed E-state index contributed by atoms with van der Waals surface area (Å²) >= 11 is 0. The van der Waals surface area contributed by atoms with Gasteiger partial charge in [-0.15, -0.1) is 0 Å². The molecule has 1 aromatic carbocycles. The third kappa shape index (κ3) is 2.43. The van der Waals surface area contributed by atoms with Crippen LogP contribution < -0.4 is 9.47 Å². The molecular weight excluding hydrogens is 282 g/mol. The van der Waals surface area contributed by atoms with Gasteiger partial charge in [0, 0.05) is 18.5 Å². The second kappa shape index (κ2) is 5.80. The number of methoxy groups -OCH3 is 2. The summed E-state index contributed by atoms with van der Waals surface area (Å²) < 4.78 is 10.6. The van der Waals surface area contributed by atoms with E-state index >= 15 is 0 Å². The Bertz CT molecular complexity index is 566. The number of carboxylic acid groups (broad SMARTS) is 1. The minimum absolute atomic E-state index is 0.0163. The zero-order valence-corrected chi connectivity index (χ0v) is 13.2. The number of aliphatic carboxylic acids is 1. The van der Waals surface area contributed by atoms with Crippen molar-refractivity contribution >= 4 is 5.97 Å². The molecule has 5 heteroatoms. The van der Waals surface area contributed by atoms with Crippen molar-refractivity contribution in [3.63, 3.8) is 0 Å². The van der Waals surface area contributed by atoms with Crippen LogP contribution in [-0.2, 0) is 11.3 Å². The van der Waals surface area contributed by atoms with Crippen LogP contribution in [0.1, 0.15) is 31.2 Å². The molecule has 0 aromatic heterocycles. The molecule has 1 unspecified atom stereocenters. The number of hydrogen-bond donors (Lipinski definition) is 1. The van der Waals surface area contributed by atoms with Crippen molar-refractivity contribution in [2.24, 2.45) is 5.41 Å². The maximum Gasteiger partial charge on any atom is 0.321 e.